The first-order valence-corrected chi connectivity index (χ1v) is 6.77. The maximum Gasteiger partial charge on any atom is 0.296 e. The molecule has 0 atom stereocenters. The second-order valence-corrected chi connectivity index (χ2v) is 5.18. The lowest BCUT2D eigenvalue weighted by atomic mass is 10.4. The van der Waals surface area contributed by atoms with E-state index in [0.717, 1.165) is 0 Å². The minimum Gasteiger partial charge on any atom is -0.446 e. The van der Waals surface area contributed by atoms with Crippen LogP contribution >= 0.6 is 0 Å². The third kappa shape index (κ3) is 2.88. The van der Waals surface area contributed by atoms with Gasteiger partial charge in [-0.2, -0.15) is 8.42 Å². The quantitative estimate of drug-likeness (QED) is 0.850. The zero-order chi connectivity index (χ0) is 13.0. The van der Waals surface area contributed by atoms with Gasteiger partial charge in [0.15, 0.2) is 0 Å². The van der Waals surface area contributed by atoms with Gasteiger partial charge in [0, 0.05) is 6.20 Å². The fourth-order valence-electron chi connectivity index (χ4n) is 1.38. The summed E-state index contributed by atoms with van der Waals surface area (Å²) in [4.78, 5) is 3.89. The Morgan fingerprint density at radius 3 is 2.78 bits per heavy atom. The van der Waals surface area contributed by atoms with Crippen LogP contribution in [0.3, 0.4) is 0 Å². The lowest BCUT2D eigenvalue weighted by Gasteiger charge is -2.03. The average Bonchev–Trinajstić information content (AvgIpc) is 2.80. The van der Waals surface area contributed by atoms with Crippen molar-refractivity contribution in [2.24, 2.45) is 0 Å². The Bertz CT molecular complexity index is 607. The number of nitrogens with one attached hydrogen (secondary N) is 2. The monoisotopic (exact) mass is 267 g/mol. The Kier molecular flexibility index (Phi) is 3.63. The molecule has 0 bridgehead atoms. The number of rotatable bonds is 5. The lowest BCUT2D eigenvalue weighted by molar-refractivity contribution is 0.408. The van der Waals surface area contributed by atoms with Crippen LogP contribution in [-0.4, -0.2) is 20.4 Å². The van der Waals surface area contributed by atoms with Crippen LogP contribution in [0.25, 0.3) is 0 Å². The van der Waals surface area contributed by atoms with E-state index in [1.54, 1.807) is 31.3 Å². The number of sulfonamides is 1. The normalized spacial score (nSPS) is 11.4. The molecule has 0 amide bonds. The lowest BCUT2D eigenvalue weighted by Crippen LogP contribution is -2.13. The Morgan fingerprint density at radius 2 is 2.11 bits per heavy atom. The van der Waals surface area contributed by atoms with Crippen LogP contribution in [0.1, 0.15) is 5.76 Å². The Labute approximate surface area is 105 Å². The van der Waals surface area contributed by atoms with E-state index in [1.807, 2.05) is 0 Å². The Hall–Kier alpha value is -1.86. The molecule has 0 aromatic carbocycles. The molecule has 2 rings (SSSR count). The fraction of sp³-hybridized carbons (Fsp3) is 0.182. The molecule has 0 aliphatic rings. The maximum atomic E-state index is 12.0. The van der Waals surface area contributed by atoms with Gasteiger partial charge in [0.25, 0.3) is 10.0 Å². The molecule has 0 spiro atoms. The molecule has 2 aromatic heterocycles. The summed E-state index contributed by atoms with van der Waals surface area (Å²) in [6.45, 7) is 0.471. The van der Waals surface area contributed by atoms with Gasteiger partial charge < -0.3 is 9.73 Å². The highest BCUT2D eigenvalue weighted by Crippen LogP contribution is 2.16. The molecule has 6 nitrogen and oxygen atoms in total. The maximum absolute atomic E-state index is 12.0. The fourth-order valence-corrected chi connectivity index (χ4v) is 2.34. The molecular weight excluding hydrogens is 254 g/mol. The Morgan fingerprint density at radius 1 is 1.28 bits per heavy atom. The van der Waals surface area contributed by atoms with Gasteiger partial charge in [0.05, 0.1) is 6.54 Å². The van der Waals surface area contributed by atoms with Crippen LogP contribution < -0.4 is 10.0 Å². The van der Waals surface area contributed by atoms with Crippen molar-refractivity contribution < 1.29 is 12.8 Å². The number of hydrogen-bond donors (Lipinski definition) is 2. The van der Waals surface area contributed by atoms with Crippen molar-refractivity contribution in [3.8, 4) is 0 Å². The minimum atomic E-state index is -3.72. The predicted octanol–water partition coefficient (Wildman–Crippen LogP) is 1.19. The number of hydrogen-bond acceptors (Lipinski definition) is 5. The van der Waals surface area contributed by atoms with Crippen molar-refractivity contribution in [1.29, 1.82) is 0 Å². The van der Waals surface area contributed by atoms with Crippen LogP contribution in [0.5, 0.6) is 0 Å². The number of nitrogens with zero attached hydrogens (tertiary/aromatic N) is 1. The van der Waals surface area contributed by atoms with Crippen molar-refractivity contribution in [3.05, 3.63) is 42.3 Å². The number of pyridine rings is 1. The largest absolute Gasteiger partial charge is 0.446 e. The summed E-state index contributed by atoms with van der Waals surface area (Å²) in [5, 5.41) is 2.75. The second-order valence-electron chi connectivity index (χ2n) is 3.57. The number of aromatic nitrogens is 1. The zero-order valence-electron chi connectivity index (χ0n) is 9.75. The van der Waals surface area contributed by atoms with Gasteiger partial charge >= 0.3 is 0 Å². The topological polar surface area (TPSA) is 84.2 Å². The highest BCUT2D eigenvalue weighted by molar-refractivity contribution is 7.92. The van der Waals surface area contributed by atoms with Crippen LogP contribution in [0, 0.1) is 0 Å². The van der Waals surface area contributed by atoms with Gasteiger partial charge in [-0.1, -0.05) is 6.07 Å². The van der Waals surface area contributed by atoms with Crippen molar-refractivity contribution in [2.75, 3.05) is 11.8 Å². The number of furan rings is 1. The zero-order valence-corrected chi connectivity index (χ0v) is 10.6. The van der Waals surface area contributed by atoms with E-state index in [0.29, 0.717) is 12.3 Å². The van der Waals surface area contributed by atoms with E-state index in [2.05, 4.69) is 15.0 Å². The van der Waals surface area contributed by atoms with Gasteiger partial charge in [-0.05, 0) is 31.3 Å². The summed E-state index contributed by atoms with van der Waals surface area (Å²) in [5.41, 5.74) is 0. The van der Waals surface area contributed by atoms with Crippen LogP contribution in [0.4, 0.5) is 5.82 Å². The van der Waals surface area contributed by atoms with Crippen molar-refractivity contribution in [3.63, 3.8) is 0 Å². The minimum absolute atomic E-state index is 0.126. The molecule has 96 valence electrons. The summed E-state index contributed by atoms with van der Waals surface area (Å²) >= 11 is 0. The van der Waals surface area contributed by atoms with E-state index < -0.39 is 10.0 Å². The third-order valence-corrected chi connectivity index (χ3v) is 3.38. The van der Waals surface area contributed by atoms with Crippen LogP contribution in [-0.2, 0) is 16.6 Å². The number of anilines is 1. The van der Waals surface area contributed by atoms with E-state index in [-0.39, 0.29) is 10.9 Å². The van der Waals surface area contributed by atoms with Gasteiger partial charge in [0.1, 0.15) is 11.6 Å². The van der Waals surface area contributed by atoms with Gasteiger partial charge in [-0.25, -0.2) is 4.98 Å². The van der Waals surface area contributed by atoms with Crippen molar-refractivity contribution in [1.82, 2.24) is 10.3 Å². The smallest absolute Gasteiger partial charge is 0.296 e. The SMILES string of the molecule is CNCc1ccc(S(=O)(=O)Nc2ccccn2)o1. The molecule has 0 aliphatic heterocycles. The first-order valence-electron chi connectivity index (χ1n) is 5.29. The van der Waals surface area contributed by atoms with E-state index >= 15 is 0 Å². The first-order chi connectivity index (χ1) is 8.62. The standard InChI is InChI=1S/C11H13N3O3S/c1-12-8-9-5-6-11(17-9)18(15,16)14-10-4-2-3-7-13-10/h2-7,12H,8H2,1H3,(H,13,14). The predicted molar refractivity (Wildman–Crippen MR) is 66.5 cm³/mol. The van der Waals surface area contributed by atoms with E-state index in [4.69, 9.17) is 4.42 Å². The molecule has 0 saturated carbocycles. The van der Waals surface area contributed by atoms with E-state index in [1.165, 1.54) is 12.3 Å². The summed E-state index contributed by atoms with van der Waals surface area (Å²) in [5.74, 6) is 0.808. The highest BCUT2D eigenvalue weighted by atomic mass is 32.2. The van der Waals surface area contributed by atoms with Crippen LogP contribution in [0.15, 0.2) is 46.0 Å². The van der Waals surface area contributed by atoms with Gasteiger partial charge in [-0.3, -0.25) is 4.72 Å². The van der Waals surface area contributed by atoms with Gasteiger partial charge in [0.2, 0.25) is 5.09 Å². The highest BCUT2D eigenvalue weighted by Gasteiger charge is 2.19. The summed E-state index contributed by atoms with van der Waals surface area (Å²) in [6.07, 6.45) is 1.51. The summed E-state index contributed by atoms with van der Waals surface area (Å²) in [7, 11) is -1.96. The molecular formula is C11H13N3O3S. The molecule has 2 aromatic rings. The third-order valence-electron chi connectivity index (χ3n) is 2.16. The molecule has 0 unspecified atom stereocenters. The molecule has 18 heavy (non-hydrogen) atoms. The van der Waals surface area contributed by atoms with Crippen molar-refractivity contribution >= 4 is 15.8 Å². The molecule has 2 N–H and O–H groups in total. The first kappa shape index (κ1) is 12.6. The molecule has 7 heteroatoms. The van der Waals surface area contributed by atoms with Crippen LogP contribution in [0.2, 0.25) is 0 Å². The average molecular weight is 267 g/mol. The molecule has 0 radical (unpaired) electrons. The molecule has 0 fully saturated rings. The molecule has 0 aliphatic carbocycles. The Balaban J connectivity index is 2.20. The summed E-state index contributed by atoms with van der Waals surface area (Å²) < 4.78 is 31.5. The summed E-state index contributed by atoms with van der Waals surface area (Å²) in [6, 6.07) is 7.99. The second kappa shape index (κ2) is 5.19. The van der Waals surface area contributed by atoms with Crippen molar-refractivity contribution in [2.45, 2.75) is 11.6 Å². The molecule has 0 saturated heterocycles. The molecule has 2 heterocycles. The van der Waals surface area contributed by atoms with Gasteiger partial charge in [-0.15, -0.1) is 0 Å². The van der Waals surface area contributed by atoms with E-state index in [9.17, 15) is 8.42 Å².